The van der Waals surface area contributed by atoms with Crippen molar-refractivity contribution in [3.63, 3.8) is 0 Å². The maximum atomic E-state index is 11.6. The number of rotatable bonds is 13. The van der Waals surface area contributed by atoms with E-state index in [9.17, 15) is 65.8 Å². The number of aliphatic imine (C=N–C) groups is 3. The van der Waals surface area contributed by atoms with Crippen LogP contribution in [-0.2, 0) is 23.8 Å². The summed E-state index contributed by atoms with van der Waals surface area (Å²) >= 11 is 9.98. The van der Waals surface area contributed by atoms with Crippen molar-refractivity contribution < 1.29 is 94.2 Å². The van der Waals surface area contributed by atoms with Crippen LogP contribution in [0.15, 0.2) is 106 Å². The first-order valence-electron chi connectivity index (χ1n) is 30.9. The number of thiazole rings is 3. The second kappa shape index (κ2) is 29.1. The summed E-state index contributed by atoms with van der Waals surface area (Å²) in [7, 11) is 0. The molecule has 9 aromatic rings. The van der Waals surface area contributed by atoms with Gasteiger partial charge in [-0.15, -0.1) is 69.3 Å². The fourth-order valence-electron chi connectivity index (χ4n) is 11.6. The summed E-state index contributed by atoms with van der Waals surface area (Å²) in [5.41, 5.74) is 2.70. The van der Waals surface area contributed by atoms with Crippen molar-refractivity contribution in [2.24, 2.45) is 15.0 Å². The van der Waals surface area contributed by atoms with Gasteiger partial charge in [0.15, 0.2) is 6.10 Å². The summed E-state index contributed by atoms with van der Waals surface area (Å²) in [6.07, 6.45) is -19.7. The van der Waals surface area contributed by atoms with Crippen molar-refractivity contribution in [3.8, 4) is 17.2 Å². The molecule has 3 fully saturated rings. The summed E-state index contributed by atoms with van der Waals surface area (Å²) in [4.78, 5) is 51.1. The monoisotopic (exact) mass is 1440 g/mol. The minimum absolute atomic E-state index is 0.288. The number of hydrogen-bond donors (Lipinski definition) is 12. The molecule has 0 aliphatic carbocycles. The van der Waals surface area contributed by atoms with E-state index in [1.54, 1.807) is 93.6 Å². The van der Waals surface area contributed by atoms with Crippen LogP contribution < -0.4 is 19.5 Å². The maximum Gasteiger partial charge on any atom is 0.335 e. The lowest BCUT2D eigenvalue weighted by atomic mass is 9.97. The SMILES string of the molecule is CC(=O)NC1C(Oc2ccc3c(ccc4nc(C5=NC(C)CS5)sc43)c2)OC(CO)C(O)C1O.CC1CSC(c2nc3ccc4cc(OC5OC(C(=O)O)C(O)C(O)C5O)ccc4c3s2)=N1.CC1CSC(c2nc3ccc4cc(OC5OC(CO)C(O)C(O)C5O)ccc4c3s2)=N1. The fourth-order valence-corrected chi connectivity index (χ4v) is 18.2. The highest BCUT2D eigenvalue weighted by Crippen LogP contribution is 2.40. The van der Waals surface area contributed by atoms with Gasteiger partial charge in [0.25, 0.3) is 0 Å². The third kappa shape index (κ3) is 14.4. The lowest BCUT2D eigenvalue weighted by Crippen LogP contribution is -2.65. The minimum atomic E-state index is -1.77. The topological polar surface area (TPSA) is 400 Å². The smallest absolute Gasteiger partial charge is 0.335 e. The number of aliphatic hydroxyl groups is 10. The number of thioether (sulfide) groups is 3. The van der Waals surface area contributed by atoms with Crippen molar-refractivity contribution in [2.75, 3.05) is 30.5 Å². The molecule has 1 amide bonds. The number of carboxylic acid groups (broad SMARTS) is 1. The van der Waals surface area contributed by atoms with E-state index >= 15 is 0 Å². The van der Waals surface area contributed by atoms with Crippen LogP contribution in [-0.4, -0.2) is 239 Å². The van der Waals surface area contributed by atoms with Crippen LogP contribution in [0, 0.1) is 0 Å². The molecule has 6 aromatic carbocycles. The van der Waals surface area contributed by atoms with E-state index in [2.05, 4.69) is 41.1 Å². The van der Waals surface area contributed by atoms with Crippen LogP contribution in [0.5, 0.6) is 17.2 Å². The quantitative estimate of drug-likeness (QED) is 0.0740. The minimum Gasteiger partial charge on any atom is -0.479 e. The number of aliphatic hydroxyl groups excluding tert-OH is 10. The Morgan fingerprint density at radius 1 is 0.474 bits per heavy atom. The van der Waals surface area contributed by atoms with Gasteiger partial charge in [-0.25, -0.2) is 19.7 Å². The van der Waals surface area contributed by atoms with E-state index in [0.29, 0.717) is 29.3 Å². The molecule has 0 spiro atoms. The molecular formula is C65H67N7O19S6. The highest BCUT2D eigenvalue weighted by Gasteiger charge is 2.49. The Labute approximate surface area is 576 Å². The van der Waals surface area contributed by atoms with Gasteiger partial charge in [-0.2, -0.15) is 0 Å². The number of aliphatic carboxylic acids is 1. The van der Waals surface area contributed by atoms with Crippen molar-refractivity contribution in [2.45, 2.75) is 138 Å². The third-order valence-electron chi connectivity index (χ3n) is 16.6. The summed E-state index contributed by atoms with van der Waals surface area (Å²) in [5.74, 6) is 2.25. The van der Waals surface area contributed by atoms with Crippen LogP contribution in [0.2, 0.25) is 0 Å². The Balaban J connectivity index is 0.000000131. The number of amides is 1. The molecule has 3 aromatic heterocycles. The van der Waals surface area contributed by atoms with Crippen LogP contribution in [0.4, 0.5) is 0 Å². The Morgan fingerprint density at radius 2 is 0.835 bits per heavy atom. The molecule has 0 bridgehead atoms. The van der Waals surface area contributed by atoms with Gasteiger partial charge in [0.2, 0.25) is 24.8 Å². The number of nitrogens with zero attached hydrogens (tertiary/aromatic N) is 6. The van der Waals surface area contributed by atoms with Crippen molar-refractivity contribution in [1.29, 1.82) is 0 Å². The summed E-state index contributed by atoms with van der Waals surface area (Å²) in [6, 6.07) is 27.9. The van der Waals surface area contributed by atoms with Crippen molar-refractivity contribution in [3.05, 3.63) is 106 Å². The van der Waals surface area contributed by atoms with Crippen LogP contribution in [0.3, 0.4) is 0 Å². The number of ether oxygens (including phenoxy) is 6. The van der Waals surface area contributed by atoms with Crippen molar-refractivity contribution in [1.82, 2.24) is 20.3 Å². The molecule has 15 rings (SSSR count). The van der Waals surface area contributed by atoms with Gasteiger partial charge in [0.1, 0.15) is 114 Å². The molecule has 26 nitrogen and oxygen atoms in total. The first-order chi connectivity index (χ1) is 46.6. The normalized spacial score (nSPS) is 30.4. The molecule has 32 heteroatoms. The molecule has 0 radical (unpaired) electrons. The molecular weight excluding hydrogens is 1380 g/mol. The molecule has 9 heterocycles. The van der Waals surface area contributed by atoms with E-state index in [1.807, 2.05) is 66.7 Å². The summed E-state index contributed by atoms with van der Waals surface area (Å²) < 4.78 is 36.8. The summed E-state index contributed by atoms with van der Waals surface area (Å²) in [6.45, 7) is 6.57. The van der Waals surface area contributed by atoms with Gasteiger partial charge in [0, 0.05) is 40.3 Å². The van der Waals surface area contributed by atoms with Gasteiger partial charge in [-0.3, -0.25) is 19.8 Å². The number of benzene rings is 6. The van der Waals surface area contributed by atoms with E-state index in [0.717, 1.165) is 110 Å². The first kappa shape index (κ1) is 69.1. The Kier molecular flexibility index (Phi) is 20.7. The first-order valence-corrected chi connectivity index (χ1v) is 36.3. The number of carbonyl (C=O) groups is 2. The van der Waals surface area contributed by atoms with Gasteiger partial charge >= 0.3 is 5.97 Å². The van der Waals surface area contributed by atoms with Crippen LogP contribution in [0.25, 0.3) is 63.0 Å². The third-order valence-corrected chi connectivity index (χ3v) is 24.0. The molecule has 18 unspecified atom stereocenters. The van der Waals surface area contributed by atoms with Gasteiger partial charge in [-0.1, -0.05) is 18.2 Å². The van der Waals surface area contributed by atoms with E-state index in [4.69, 9.17) is 43.4 Å². The Morgan fingerprint density at radius 3 is 1.20 bits per heavy atom. The number of carbonyl (C=O) groups excluding carboxylic acids is 1. The number of hydrogen-bond acceptors (Lipinski definition) is 30. The molecule has 0 saturated carbocycles. The average molecular weight is 1440 g/mol. The van der Waals surface area contributed by atoms with E-state index in [1.165, 1.54) is 6.92 Å². The predicted molar refractivity (Wildman–Crippen MR) is 372 cm³/mol. The second-order valence-corrected chi connectivity index (χ2v) is 30.0. The summed E-state index contributed by atoms with van der Waals surface area (Å²) in [5, 5.41) is 123. The van der Waals surface area contributed by atoms with Crippen molar-refractivity contribution >= 4 is 159 Å². The Hall–Kier alpha value is -6.35. The Bertz CT molecular complexity index is 4540. The predicted octanol–water partition coefficient (Wildman–Crippen LogP) is 4.77. The number of nitrogens with one attached hydrogen (secondary N) is 1. The average Bonchev–Trinajstić information content (AvgIpc) is 1.71. The number of carboxylic acids is 1. The molecule has 6 aliphatic heterocycles. The van der Waals surface area contributed by atoms with E-state index < -0.39 is 117 Å². The van der Waals surface area contributed by atoms with Gasteiger partial charge in [0.05, 0.1) is 62.0 Å². The highest BCUT2D eigenvalue weighted by atomic mass is 32.2. The molecule has 3 saturated heterocycles. The zero-order chi connectivity index (χ0) is 68.2. The van der Waals surface area contributed by atoms with Gasteiger partial charge in [-0.05, 0) is 110 Å². The zero-order valence-corrected chi connectivity index (χ0v) is 56.8. The molecule has 12 N–H and O–H groups in total. The number of fused-ring (bicyclic) bond motifs is 9. The van der Waals surface area contributed by atoms with Gasteiger partial charge < -0.3 is 89.9 Å². The zero-order valence-electron chi connectivity index (χ0n) is 51.9. The molecule has 512 valence electrons. The molecule has 18 atom stereocenters. The van der Waals surface area contributed by atoms with Crippen LogP contribution in [0.1, 0.15) is 42.7 Å². The molecule has 6 aliphatic rings. The maximum absolute atomic E-state index is 11.6. The van der Waals surface area contributed by atoms with Crippen LogP contribution >= 0.6 is 69.3 Å². The largest absolute Gasteiger partial charge is 0.479 e. The fraction of sp³-hybridized carbons (Fsp3) is 0.415. The second-order valence-electron chi connectivity index (χ2n) is 23.9. The lowest BCUT2D eigenvalue weighted by molar-refractivity contribution is -0.277. The standard InChI is InChI=1S/C23H25N3O6S2.C21H20N2O7S2.C21H22N2O6S2/c1-10-9-33-21(24-10)22-26-15-6-3-12-7-13(4-5-14(12)20(15)34-22)31-23-17(25-11(2)28)19(30)18(29)16(8-27)32-23;1-8-7-31-18(22-8)19-23-12-5-2-9-6-10(3-4-11(9)17(12)32-19)29-21-15(26)13(24)14(25)16(30-21)20(27)28;1-9-8-30-19(22-9)20-23-13-5-2-10-6-11(3-4-12(10)18(13)31-20)28-21-17(27)16(26)15(25)14(7-24)29-21/h3-7,10,16-19,23,27,29-30H,8-9H2,1-2H3,(H,25,28);2-6,8,13-16,21,24-26H,7H2,1H3,(H,27,28);2-6,9,14-17,21,24-27H,7-8H2,1H3. The molecule has 97 heavy (non-hydrogen) atoms. The lowest BCUT2D eigenvalue weighted by Gasteiger charge is -2.42. The highest BCUT2D eigenvalue weighted by molar-refractivity contribution is 8.15. The number of aromatic nitrogens is 3. The van der Waals surface area contributed by atoms with E-state index in [-0.39, 0.29) is 6.04 Å².